The third-order valence-corrected chi connectivity index (χ3v) is 3.07. The highest BCUT2D eigenvalue weighted by Gasteiger charge is 2.12. The Kier molecular flexibility index (Phi) is 3.30. The molecule has 0 saturated carbocycles. The van der Waals surface area contributed by atoms with Crippen LogP contribution in [0, 0.1) is 5.82 Å². The molecular weight excluding hydrogens is 289 g/mol. The number of aromatic hydroxyl groups is 2. The monoisotopic (exact) mass is 299 g/mol. The van der Waals surface area contributed by atoms with Gasteiger partial charge in [-0.2, -0.15) is 0 Å². The maximum Gasteiger partial charge on any atom is 0.295 e. The van der Waals surface area contributed by atoms with Gasteiger partial charge in [0.1, 0.15) is 11.6 Å². The highest BCUT2D eigenvalue weighted by Crippen LogP contribution is 2.35. The van der Waals surface area contributed by atoms with Gasteiger partial charge in [-0.15, -0.1) is 10.2 Å². The molecule has 110 valence electrons. The zero-order valence-electron chi connectivity index (χ0n) is 11.1. The van der Waals surface area contributed by atoms with Crippen LogP contribution >= 0.6 is 0 Å². The van der Waals surface area contributed by atoms with Crippen LogP contribution in [0.5, 0.6) is 11.6 Å². The second-order valence-corrected chi connectivity index (χ2v) is 4.56. The number of azo groups is 1. The van der Waals surface area contributed by atoms with Crippen molar-refractivity contribution < 1.29 is 19.4 Å². The number of hydrogen-bond donors (Lipinski definition) is 3. The number of hydrogen-bond acceptors (Lipinski definition) is 4. The van der Waals surface area contributed by atoms with Gasteiger partial charge in [0.25, 0.3) is 5.91 Å². The number of benzene rings is 2. The third kappa shape index (κ3) is 2.51. The summed E-state index contributed by atoms with van der Waals surface area (Å²) in [6.07, 6.45) is 0. The summed E-state index contributed by atoms with van der Waals surface area (Å²) in [4.78, 5) is 14.5. The highest BCUT2D eigenvalue weighted by molar-refractivity contribution is 5.97. The van der Waals surface area contributed by atoms with Crippen molar-refractivity contribution in [1.82, 2.24) is 4.98 Å². The second-order valence-electron chi connectivity index (χ2n) is 4.56. The number of carbonyl (C=O) groups excluding carboxylic acids is 1. The number of carbonyl (C=O) groups is 1. The van der Waals surface area contributed by atoms with Crippen molar-refractivity contribution in [2.24, 2.45) is 10.2 Å². The molecule has 3 rings (SSSR count). The van der Waals surface area contributed by atoms with Crippen molar-refractivity contribution in [3.05, 3.63) is 53.8 Å². The van der Waals surface area contributed by atoms with Gasteiger partial charge in [0, 0.05) is 10.9 Å². The fraction of sp³-hybridized carbons (Fsp3) is 0. The molecule has 3 N–H and O–H groups in total. The van der Waals surface area contributed by atoms with E-state index in [1.807, 2.05) is 0 Å². The van der Waals surface area contributed by atoms with E-state index in [1.165, 1.54) is 42.5 Å². The molecule has 0 unspecified atom stereocenters. The summed E-state index contributed by atoms with van der Waals surface area (Å²) in [5.74, 6) is -1.42. The number of fused-ring (bicyclic) bond motifs is 1. The summed E-state index contributed by atoms with van der Waals surface area (Å²) < 4.78 is 13.3. The first-order valence-electron chi connectivity index (χ1n) is 6.30. The van der Waals surface area contributed by atoms with Crippen LogP contribution in [0.15, 0.2) is 52.7 Å². The van der Waals surface area contributed by atoms with E-state index in [2.05, 4.69) is 15.2 Å². The molecular formula is C15H10FN3O3. The van der Waals surface area contributed by atoms with Gasteiger partial charge in [-0.25, -0.2) is 4.39 Å². The summed E-state index contributed by atoms with van der Waals surface area (Å²) in [6.45, 7) is 0. The van der Waals surface area contributed by atoms with Crippen molar-refractivity contribution in [1.29, 1.82) is 0 Å². The Bertz CT molecular complexity index is 885. The second kappa shape index (κ2) is 5.28. The molecule has 1 amide bonds. The Morgan fingerprint density at radius 2 is 1.82 bits per heavy atom. The molecule has 1 heterocycles. The fourth-order valence-electron chi connectivity index (χ4n) is 1.99. The fourth-order valence-corrected chi connectivity index (χ4v) is 1.99. The summed E-state index contributed by atoms with van der Waals surface area (Å²) >= 11 is 0. The molecule has 0 aliphatic carbocycles. The zero-order valence-corrected chi connectivity index (χ0v) is 11.1. The average Bonchev–Trinajstić information content (AvgIpc) is 2.80. The van der Waals surface area contributed by atoms with Crippen LogP contribution in [0.2, 0.25) is 0 Å². The Morgan fingerprint density at radius 1 is 1.09 bits per heavy atom. The predicted molar refractivity (Wildman–Crippen MR) is 76.9 cm³/mol. The minimum absolute atomic E-state index is 0.0124. The van der Waals surface area contributed by atoms with E-state index in [0.717, 1.165) is 0 Å². The molecule has 0 spiro atoms. The first-order valence-corrected chi connectivity index (χ1v) is 6.30. The number of halogens is 1. The average molecular weight is 299 g/mol. The van der Waals surface area contributed by atoms with Crippen LogP contribution in [0.4, 0.5) is 10.1 Å². The predicted octanol–water partition coefficient (Wildman–Crippen LogP) is 3.64. The zero-order chi connectivity index (χ0) is 15.7. The minimum Gasteiger partial charge on any atom is -0.508 e. The molecule has 3 aromatic rings. The van der Waals surface area contributed by atoms with Crippen molar-refractivity contribution in [3.63, 3.8) is 0 Å². The number of phenols is 1. The number of amides is 1. The van der Waals surface area contributed by atoms with Crippen LogP contribution in [0.25, 0.3) is 10.9 Å². The van der Waals surface area contributed by atoms with Crippen molar-refractivity contribution >= 4 is 22.5 Å². The summed E-state index contributed by atoms with van der Waals surface area (Å²) in [6, 6.07) is 9.36. The van der Waals surface area contributed by atoms with Crippen LogP contribution < -0.4 is 0 Å². The van der Waals surface area contributed by atoms with Gasteiger partial charge in [0.15, 0.2) is 5.69 Å². The van der Waals surface area contributed by atoms with Crippen LogP contribution in [0.1, 0.15) is 10.4 Å². The maximum absolute atomic E-state index is 13.3. The molecule has 2 aromatic carbocycles. The van der Waals surface area contributed by atoms with E-state index in [0.29, 0.717) is 10.9 Å². The number of aromatic nitrogens is 1. The van der Waals surface area contributed by atoms with Gasteiger partial charge in [0.05, 0.1) is 5.52 Å². The van der Waals surface area contributed by atoms with Crippen molar-refractivity contribution in [3.8, 4) is 11.6 Å². The number of aromatic amines is 1. The third-order valence-electron chi connectivity index (χ3n) is 3.07. The molecule has 1 aromatic heterocycles. The molecule has 0 aliphatic heterocycles. The first-order chi connectivity index (χ1) is 10.5. The van der Waals surface area contributed by atoms with Crippen LogP contribution in [-0.4, -0.2) is 21.1 Å². The number of H-pyrrole nitrogens is 1. The van der Waals surface area contributed by atoms with Gasteiger partial charge in [-0.05, 0) is 42.5 Å². The lowest BCUT2D eigenvalue weighted by molar-refractivity contribution is 0.0995. The first kappa shape index (κ1) is 13.7. The lowest BCUT2D eigenvalue weighted by atomic mass is 10.2. The molecule has 0 bridgehead atoms. The Hall–Kier alpha value is -3.22. The Balaban J connectivity index is 1.95. The normalized spacial score (nSPS) is 11.3. The number of nitrogens with one attached hydrogen (secondary N) is 1. The van der Waals surface area contributed by atoms with Gasteiger partial charge >= 0.3 is 0 Å². The largest absolute Gasteiger partial charge is 0.508 e. The van der Waals surface area contributed by atoms with E-state index in [4.69, 9.17) is 5.11 Å². The van der Waals surface area contributed by atoms with E-state index in [1.54, 1.807) is 0 Å². The van der Waals surface area contributed by atoms with Gasteiger partial charge < -0.3 is 15.2 Å². The minimum atomic E-state index is -0.648. The molecule has 0 aliphatic rings. The molecule has 0 radical (unpaired) electrons. The summed E-state index contributed by atoms with van der Waals surface area (Å²) in [5.41, 5.74) is 0.693. The van der Waals surface area contributed by atoms with Crippen LogP contribution in [0.3, 0.4) is 0 Å². The lowest BCUT2D eigenvalue weighted by Crippen LogP contribution is -1.92. The maximum atomic E-state index is 13.3. The van der Waals surface area contributed by atoms with E-state index in [9.17, 15) is 14.3 Å². The molecule has 7 heteroatoms. The van der Waals surface area contributed by atoms with E-state index in [-0.39, 0.29) is 22.9 Å². The summed E-state index contributed by atoms with van der Waals surface area (Å²) in [7, 11) is 0. The molecule has 22 heavy (non-hydrogen) atoms. The highest BCUT2D eigenvalue weighted by atomic mass is 19.1. The number of nitrogens with zero attached hydrogens (tertiary/aromatic N) is 2. The van der Waals surface area contributed by atoms with Gasteiger partial charge in [-0.3, -0.25) is 4.79 Å². The van der Waals surface area contributed by atoms with Gasteiger partial charge in [-0.1, -0.05) is 0 Å². The van der Waals surface area contributed by atoms with E-state index >= 15 is 0 Å². The molecule has 0 atom stereocenters. The van der Waals surface area contributed by atoms with Gasteiger partial charge in [0.2, 0.25) is 5.88 Å². The number of phenolic OH excluding ortho intramolecular Hbond substituents is 1. The quantitative estimate of drug-likeness (QED) is 0.630. The standard InChI is InChI=1S/C15H10FN3O3/c16-9-3-6-12-11(7-9)13(15(22)17-12)18-19-14(21)8-1-4-10(20)5-2-8/h1-7,17,20,22H. The van der Waals surface area contributed by atoms with E-state index < -0.39 is 11.7 Å². The molecule has 0 saturated heterocycles. The topological polar surface area (TPSA) is 98.0 Å². The molecule has 6 nitrogen and oxygen atoms in total. The Morgan fingerprint density at radius 3 is 2.55 bits per heavy atom. The molecule has 0 fully saturated rings. The smallest absolute Gasteiger partial charge is 0.295 e. The summed E-state index contributed by atoms with van der Waals surface area (Å²) in [5, 5.41) is 26.5. The van der Waals surface area contributed by atoms with Crippen molar-refractivity contribution in [2.45, 2.75) is 0 Å². The number of rotatable bonds is 2. The van der Waals surface area contributed by atoms with Crippen molar-refractivity contribution in [2.75, 3.05) is 0 Å². The van der Waals surface area contributed by atoms with Crippen LogP contribution in [-0.2, 0) is 0 Å². The Labute approximate surface area is 123 Å². The SMILES string of the molecule is O=C(N=Nc1c(O)[nH]c2ccc(F)cc12)c1ccc(O)cc1. The lowest BCUT2D eigenvalue weighted by Gasteiger charge is -1.95.